The minimum absolute atomic E-state index is 0.260. The maximum Gasteiger partial charge on any atom is 0.147 e. The molecule has 1 aromatic carbocycles. The molecule has 1 N–H and O–H groups in total. The van der Waals surface area contributed by atoms with E-state index < -0.39 is 6.10 Å². The van der Waals surface area contributed by atoms with E-state index in [1.165, 1.54) is 0 Å². The summed E-state index contributed by atoms with van der Waals surface area (Å²) in [7, 11) is 3.40. The van der Waals surface area contributed by atoms with Crippen LogP contribution in [0.15, 0.2) is 24.4 Å². The molecule has 0 radical (unpaired) electrons. The molecule has 0 aliphatic carbocycles. The summed E-state index contributed by atoms with van der Waals surface area (Å²) < 4.78 is 12.6. The fourth-order valence-electron chi connectivity index (χ4n) is 1.81. The van der Waals surface area contributed by atoms with E-state index in [2.05, 4.69) is 4.98 Å². The number of aromatic nitrogens is 2. The summed E-state index contributed by atoms with van der Waals surface area (Å²) >= 11 is 5.93. The standard InChI is InChI=1S/C14H17ClN2O3/c1-9(18)11-5-4-10(19-3)6-12(11)20-8-14-16-7-13(15)17(14)2/h4-7,9,18H,8H2,1-3H3. The van der Waals surface area contributed by atoms with Gasteiger partial charge in [-0.1, -0.05) is 11.6 Å². The van der Waals surface area contributed by atoms with Crippen LogP contribution in [-0.2, 0) is 13.7 Å². The molecule has 5 nitrogen and oxygen atoms in total. The van der Waals surface area contributed by atoms with Gasteiger partial charge in [0.15, 0.2) is 0 Å². The van der Waals surface area contributed by atoms with Crippen molar-refractivity contribution in [2.24, 2.45) is 7.05 Å². The van der Waals surface area contributed by atoms with E-state index in [0.717, 1.165) is 0 Å². The van der Waals surface area contributed by atoms with Crippen molar-refractivity contribution < 1.29 is 14.6 Å². The minimum Gasteiger partial charge on any atom is -0.497 e. The highest BCUT2D eigenvalue weighted by atomic mass is 35.5. The van der Waals surface area contributed by atoms with E-state index in [0.29, 0.717) is 28.0 Å². The van der Waals surface area contributed by atoms with Gasteiger partial charge in [0.2, 0.25) is 0 Å². The second kappa shape index (κ2) is 6.15. The Morgan fingerprint density at radius 2 is 2.20 bits per heavy atom. The molecule has 1 atom stereocenters. The third kappa shape index (κ3) is 3.05. The van der Waals surface area contributed by atoms with Gasteiger partial charge in [-0.2, -0.15) is 0 Å². The predicted octanol–water partition coefficient (Wildman–Crippen LogP) is 2.71. The Bertz CT molecular complexity index is 596. The average Bonchev–Trinajstić information content (AvgIpc) is 2.76. The molecule has 20 heavy (non-hydrogen) atoms. The van der Waals surface area contributed by atoms with Crippen molar-refractivity contribution in [1.82, 2.24) is 9.55 Å². The molecular weight excluding hydrogens is 280 g/mol. The molecule has 0 bridgehead atoms. The Balaban J connectivity index is 2.21. The van der Waals surface area contributed by atoms with Crippen molar-refractivity contribution >= 4 is 11.6 Å². The molecule has 2 aromatic rings. The van der Waals surface area contributed by atoms with Crippen molar-refractivity contribution in [1.29, 1.82) is 0 Å². The monoisotopic (exact) mass is 296 g/mol. The Kier molecular flexibility index (Phi) is 4.52. The van der Waals surface area contributed by atoms with Crippen LogP contribution in [0.4, 0.5) is 0 Å². The van der Waals surface area contributed by atoms with Gasteiger partial charge in [-0.15, -0.1) is 0 Å². The van der Waals surface area contributed by atoms with Gasteiger partial charge >= 0.3 is 0 Å². The lowest BCUT2D eigenvalue weighted by atomic mass is 10.1. The number of aliphatic hydroxyl groups is 1. The second-order valence-corrected chi connectivity index (χ2v) is 4.81. The molecule has 0 aliphatic rings. The number of nitrogens with zero attached hydrogens (tertiary/aromatic N) is 2. The van der Waals surface area contributed by atoms with Gasteiger partial charge in [-0.3, -0.25) is 0 Å². The lowest BCUT2D eigenvalue weighted by molar-refractivity contribution is 0.189. The van der Waals surface area contributed by atoms with Crippen LogP contribution in [0.25, 0.3) is 0 Å². The number of halogens is 1. The minimum atomic E-state index is -0.624. The molecule has 1 heterocycles. The fourth-order valence-corrected chi connectivity index (χ4v) is 1.96. The number of hydrogen-bond acceptors (Lipinski definition) is 4. The summed E-state index contributed by atoms with van der Waals surface area (Å²) in [4.78, 5) is 4.16. The number of rotatable bonds is 5. The fraction of sp³-hybridized carbons (Fsp3) is 0.357. The highest BCUT2D eigenvalue weighted by Gasteiger charge is 2.12. The summed E-state index contributed by atoms with van der Waals surface area (Å²) in [5.41, 5.74) is 0.700. The molecule has 1 unspecified atom stereocenters. The van der Waals surface area contributed by atoms with Gasteiger partial charge in [0.1, 0.15) is 29.1 Å². The molecule has 0 spiro atoms. The van der Waals surface area contributed by atoms with Crippen LogP contribution in [-0.4, -0.2) is 21.8 Å². The van der Waals surface area contributed by atoms with Crippen LogP contribution < -0.4 is 9.47 Å². The Hall–Kier alpha value is -1.72. The first-order valence-corrected chi connectivity index (χ1v) is 6.55. The van der Waals surface area contributed by atoms with Gasteiger partial charge in [0.25, 0.3) is 0 Å². The SMILES string of the molecule is COc1ccc(C(C)O)c(OCc2ncc(Cl)n2C)c1. The molecular formula is C14H17ClN2O3. The maximum absolute atomic E-state index is 9.76. The quantitative estimate of drug-likeness (QED) is 0.922. The average molecular weight is 297 g/mol. The number of ether oxygens (including phenoxy) is 2. The van der Waals surface area contributed by atoms with E-state index in [1.54, 1.807) is 43.0 Å². The van der Waals surface area contributed by atoms with Crippen molar-refractivity contribution in [3.63, 3.8) is 0 Å². The Morgan fingerprint density at radius 3 is 2.75 bits per heavy atom. The topological polar surface area (TPSA) is 56.5 Å². The Labute approximate surface area is 122 Å². The highest BCUT2D eigenvalue weighted by Crippen LogP contribution is 2.30. The zero-order valence-corrected chi connectivity index (χ0v) is 12.4. The first-order valence-electron chi connectivity index (χ1n) is 6.17. The lowest BCUT2D eigenvalue weighted by Crippen LogP contribution is -2.06. The maximum atomic E-state index is 9.76. The van der Waals surface area contributed by atoms with Crippen LogP contribution in [0.3, 0.4) is 0 Å². The molecule has 0 aliphatic heterocycles. The van der Waals surface area contributed by atoms with Crippen molar-refractivity contribution in [2.45, 2.75) is 19.6 Å². The Morgan fingerprint density at radius 1 is 1.45 bits per heavy atom. The number of aliphatic hydroxyl groups excluding tert-OH is 1. The van der Waals surface area contributed by atoms with E-state index in [-0.39, 0.29) is 6.61 Å². The van der Waals surface area contributed by atoms with E-state index in [9.17, 15) is 5.11 Å². The third-order valence-corrected chi connectivity index (χ3v) is 3.41. The zero-order valence-electron chi connectivity index (χ0n) is 11.6. The van der Waals surface area contributed by atoms with Crippen molar-refractivity contribution in [3.8, 4) is 11.5 Å². The van der Waals surface area contributed by atoms with Gasteiger partial charge < -0.3 is 19.1 Å². The number of benzene rings is 1. The van der Waals surface area contributed by atoms with E-state index >= 15 is 0 Å². The first-order chi connectivity index (χ1) is 9.52. The van der Waals surface area contributed by atoms with Crippen LogP contribution in [0.5, 0.6) is 11.5 Å². The van der Waals surface area contributed by atoms with Crippen molar-refractivity contribution in [3.05, 3.63) is 40.9 Å². The summed E-state index contributed by atoms with van der Waals surface area (Å²) in [5, 5.41) is 10.3. The summed E-state index contributed by atoms with van der Waals surface area (Å²) in [6.45, 7) is 1.95. The zero-order chi connectivity index (χ0) is 14.7. The van der Waals surface area contributed by atoms with Crippen LogP contribution >= 0.6 is 11.6 Å². The summed E-state index contributed by atoms with van der Waals surface area (Å²) in [6, 6.07) is 5.31. The van der Waals surface area contributed by atoms with Gasteiger partial charge in [0.05, 0.1) is 19.4 Å². The van der Waals surface area contributed by atoms with Gasteiger partial charge in [0, 0.05) is 18.7 Å². The van der Waals surface area contributed by atoms with Gasteiger partial charge in [-0.05, 0) is 19.1 Å². The van der Waals surface area contributed by atoms with Crippen LogP contribution in [0.1, 0.15) is 24.4 Å². The molecule has 0 saturated carbocycles. The van der Waals surface area contributed by atoms with Crippen molar-refractivity contribution in [2.75, 3.05) is 7.11 Å². The number of methoxy groups -OCH3 is 1. The number of imidazole rings is 1. The van der Waals surface area contributed by atoms with E-state index in [4.69, 9.17) is 21.1 Å². The molecule has 1 aromatic heterocycles. The van der Waals surface area contributed by atoms with Gasteiger partial charge in [-0.25, -0.2) is 4.98 Å². The second-order valence-electron chi connectivity index (χ2n) is 4.42. The molecule has 0 amide bonds. The lowest BCUT2D eigenvalue weighted by Gasteiger charge is -2.14. The molecule has 108 valence electrons. The van der Waals surface area contributed by atoms with E-state index in [1.807, 2.05) is 7.05 Å². The largest absolute Gasteiger partial charge is 0.497 e. The normalized spacial score (nSPS) is 12.2. The molecule has 2 rings (SSSR count). The molecule has 0 saturated heterocycles. The first kappa shape index (κ1) is 14.7. The summed E-state index contributed by atoms with van der Waals surface area (Å²) in [5.74, 6) is 1.94. The van der Waals surface area contributed by atoms with Crippen LogP contribution in [0.2, 0.25) is 5.15 Å². The highest BCUT2D eigenvalue weighted by molar-refractivity contribution is 6.29. The molecule has 6 heteroatoms. The third-order valence-electron chi connectivity index (χ3n) is 3.06. The number of hydrogen-bond donors (Lipinski definition) is 1. The van der Waals surface area contributed by atoms with Crippen LogP contribution in [0, 0.1) is 0 Å². The smallest absolute Gasteiger partial charge is 0.147 e. The predicted molar refractivity (Wildman–Crippen MR) is 76.2 cm³/mol. The summed E-state index contributed by atoms with van der Waals surface area (Å²) in [6.07, 6.45) is 0.947. The molecule has 0 fully saturated rings.